The SMILES string of the molecule is CCOC(=O)C1C=NC(C(=O)N2CCCCC2)Cc2c1[nH]c1ccccc21. The van der Waals surface area contributed by atoms with Gasteiger partial charge in [0.15, 0.2) is 0 Å². The highest BCUT2D eigenvalue weighted by Gasteiger charge is 2.33. The van der Waals surface area contributed by atoms with Gasteiger partial charge in [0.05, 0.1) is 6.61 Å². The standard InChI is InChI=1S/C21H25N3O3/c1-2-27-21(26)16-13-22-18(20(25)24-10-6-3-7-11-24)12-15-14-8-4-5-9-17(14)23-19(15)16/h4-5,8-9,13,16,18,23H,2-3,6-7,10-12H2,1H3. The minimum absolute atomic E-state index is 0.0617. The van der Waals surface area contributed by atoms with Crippen molar-refractivity contribution in [1.29, 1.82) is 0 Å². The minimum Gasteiger partial charge on any atom is -0.465 e. The number of aliphatic imine (C=N–C) groups is 1. The number of ether oxygens (including phenoxy) is 1. The van der Waals surface area contributed by atoms with Crippen LogP contribution in [0, 0.1) is 0 Å². The molecule has 0 aliphatic carbocycles. The lowest BCUT2D eigenvalue weighted by atomic mass is 9.97. The molecular weight excluding hydrogens is 342 g/mol. The summed E-state index contributed by atoms with van der Waals surface area (Å²) in [6.45, 7) is 3.70. The van der Waals surface area contributed by atoms with Crippen molar-refractivity contribution in [2.45, 2.75) is 44.6 Å². The molecule has 0 spiro atoms. The Kier molecular flexibility index (Phi) is 4.97. The molecule has 27 heavy (non-hydrogen) atoms. The van der Waals surface area contributed by atoms with Crippen LogP contribution in [0.5, 0.6) is 0 Å². The topological polar surface area (TPSA) is 74.8 Å². The molecule has 4 rings (SSSR count). The number of piperidine rings is 1. The number of nitrogens with zero attached hydrogens (tertiary/aromatic N) is 2. The van der Waals surface area contributed by atoms with Crippen molar-refractivity contribution in [1.82, 2.24) is 9.88 Å². The van der Waals surface area contributed by atoms with Crippen LogP contribution < -0.4 is 0 Å². The fourth-order valence-corrected chi connectivity index (χ4v) is 4.10. The van der Waals surface area contributed by atoms with E-state index < -0.39 is 12.0 Å². The van der Waals surface area contributed by atoms with Gasteiger partial charge in [-0.15, -0.1) is 0 Å². The maximum atomic E-state index is 13.1. The second-order valence-electron chi connectivity index (χ2n) is 7.20. The van der Waals surface area contributed by atoms with Gasteiger partial charge in [-0.2, -0.15) is 0 Å². The normalized spacial score (nSPS) is 22.3. The lowest BCUT2D eigenvalue weighted by molar-refractivity contribution is -0.143. The fraction of sp³-hybridized carbons (Fsp3) is 0.476. The van der Waals surface area contributed by atoms with Crippen molar-refractivity contribution >= 4 is 29.0 Å². The number of carbonyl (C=O) groups excluding carboxylic acids is 2. The molecule has 3 heterocycles. The number of rotatable bonds is 3. The average molecular weight is 367 g/mol. The lowest BCUT2D eigenvalue weighted by Crippen LogP contribution is -2.42. The summed E-state index contributed by atoms with van der Waals surface area (Å²) in [5.74, 6) is -0.877. The van der Waals surface area contributed by atoms with Crippen molar-refractivity contribution in [3.63, 3.8) is 0 Å². The molecular formula is C21H25N3O3. The van der Waals surface area contributed by atoms with Crippen LogP contribution in [0.2, 0.25) is 0 Å². The second-order valence-corrected chi connectivity index (χ2v) is 7.20. The van der Waals surface area contributed by atoms with Crippen molar-refractivity contribution in [3.8, 4) is 0 Å². The molecule has 0 radical (unpaired) electrons. The van der Waals surface area contributed by atoms with Gasteiger partial charge in [0.2, 0.25) is 5.91 Å². The molecule has 1 aromatic heterocycles. The second kappa shape index (κ2) is 7.55. The Morgan fingerprint density at radius 1 is 1.22 bits per heavy atom. The number of H-pyrrole nitrogens is 1. The van der Waals surface area contributed by atoms with Crippen molar-refractivity contribution in [2.24, 2.45) is 4.99 Å². The van der Waals surface area contributed by atoms with E-state index in [0.717, 1.165) is 48.1 Å². The predicted octanol–water partition coefficient (Wildman–Crippen LogP) is 2.82. The highest BCUT2D eigenvalue weighted by atomic mass is 16.5. The van der Waals surface area contributed by atoms with Gasteiger partial charge in [0.1, 0.15) is 12.0 Å². The van der Waals surface area contributed by atoms with E-state index in [4.69, 9.17) is 4.74 Å². The van der Waals surface area contributed by atoms with Crippen LogP contribution in [0.1, 0.15) is 43.4 Å². The maximum absolute atomic E-state index is 13.1. The van der Waals surface area contributed by atoms with Gasteiger partial charge in [0.25, 0.3) is 0 Å². The summed E-state index contributed by atoms with van der Waals surface area (Å²) < 4.78 is 5.26. The number of fused-ring (bicyclic) bond motifs is 3. The summed E-state index contributed by atoms with van der Waals surface area (Å²) in [6, 6.07) is 7.47. The molecule has 1 amide bonds. The smallest absolute Gasteiger partial charge is 0.320 e. The van der Waals surface area contributed by atoms with Crippen molar-refractivity contribution in [2.75, 3.05) is 19.7 Å². The van der Waals surface area contributed by atoms with Gasteiger partial charge in [0, 0.05) is 42.3 Å². The first kappa shape index (κ1) is 17.8. The zero-order valence-electron chi connectivity index (χ0n) is 15.6. The summed E-state index contributed by atoms with van der Waals surface area (Å²) >= 11 is 0. The highest BCUT2D eigenvalue weighted by molar-refractivity contribution is 6.00. The molecule has 142 valence electrons. The van der Waals surface area contributed by atoms with E-state index in [1.165, 1.54) is 6.42 Å². The number of esters is 1. The molecule has 1 aromatic carbocycles. The molecule has 6 nitrogen and oxygen atoms in total. The van der Waals surface area contributed by atoms with Crippen molar-refractivity contribution in [3.05, 3.63) is 35.5 Å². The highest BCUT2D eigenvalue weighted by Crippen LogP contribution is 2.32. The molecule has 2 aliphatic rings. The third kappa shape index (κ3) is 3.36. The first-order chi connectivity index (χ1) is 13.2. The maximum Gasteiger partial charge on any atom is 0.320 e. The Morgan fingerprint density at radius 2 is 2.00 bits per heavy atom. The molecule has 0 saturated carbocycles. The Hall–Kier alpha value is -2.63. The number of carbonyl (C=O) groups is 2. The average Bonchev–Trinajstić information content (AvgIpc) is 2.94. The van der Waals surface area contributed by atoms with Gasteiger partial charge in [-0.25, -0.2) is 0 Å². The van der Waals surface area contributed by atoms with Gasteiger partial charge < -0.3 is 14.6 Å². The Labute approximate surface area is 158 Å². The van der Waals surface area contributed by atoms with Crippen LogP contribution >= 0.6 is 0 Å². The monoisotopic (exact) mass is 367 g/mol. The van der Waals surface area contributed by atoms with Crippen LogP contribution in [-0.4, -0.2) is 53.7 Å². The van der Waals surface area contributed by atoms with Crippen LogP contribution in [0.3, 0.4) is 0 Å². The third-order valence-corrected chi connectivity index (χ3v) is 5.46. The van der Waals surface area contributed by atoms with Gasteiger partial charge in [-0.1, -0.05) is 18.2 Å². The molecule has 2 unspecified atom stereocenters. The van der Waals surface area contributed by atoms with Crippen LogP contribution in [0.25, 0.3) is 10.9 Å². The zero-order valence-corrected chi connectivity index (χ0v) is 15.6. The summed E-state index contributed by atoms with van der Waals surface area (Å²) in [5.41, 5.74) is 2.76. The molecule has 1 fully saturated rings. The van der Waals surface area contributed by atoms with E-state index in [9.17, 15) is 9.59 Å². The number of amides is 1. The largest absolute Gasteiger partial charge is 0.465 e. The number of aromatic amines is 1. The zero-order chi connectivity index (χ0) is 18.8. The summed E-state index contributed by atoms with van der Waals surface area (Å²) in [7, 11) is 0. The van der Waals surface area contributed by atoms with E-state index in [0.29, 0.717) is 13.0 Å². The lowest BCUT2D eigenvalue weighted by Gasteiger charge is -2.29. The van der Waals surface area contributed by atoms with E-state index in [2.05, 4.69) is 9.98 Å². The Bertz CT molecular complexity index is 880. The molecule has 1 N–H and O–H groups in total. The van der Waals surface area contributed by atoms with Crippen molar-refractivity contribution < 1.29 is 14.3 Å². The molecule has 1 saturated heterocycles. The first-order valence-electron chi connectivity index (χ1n) is 9.77. The first-order valence-corrected chi connectivity index (χ1v) is 9.77. The third-order valence-electron chi connectivity index (χ3n) is 5.46. The number of aromatic nitrogens is 1. The van der Waals surface area contributed by atoms with Crippen LogP contribution in [0.15, 0.2) is 29.3 Å². The Morgan fingerprint density at radius 3 is 2.78 bits per heavy atom. The van der Waals surface area contributed by atoms with Gasteiger partial charge in [-0.3, -0.25) is 14.6 Å². The molecule has 6 heteroatoms. The van der Waals surface area contributed by atoms with Gasteiger partial charge in [-0.05, 0) is 37.8 Å². The molecule has 2 aliphatic heterocycles. The van der Waals surface area contributed by atoms with E-state index >= 15 is 0 Å². The molecule has 2 atom stereocenters. The van der Waals surface area contributed by atoms with E-state index in [1.54, 1.807) is 13.1 Å². The number of para-hydroxylation sites is 1. The summed E-state index contributed by atoms with van der Waals surface area (Å²) in [6.07, 6.45) is 5.37. The van der Waals surface area contributed by atoms with Gasteiger partial charge >= 0.3 is 5.97 Å². The van der Waals surface area contributed by atoms with E-state index in [1.807, 2.05) is 29.2 Å². The number of hydrogen-bond donors (Lipinski definition) is 1. The summed E-state index contributed by atoms with van der Waals surface area (Å²) in [5, 5.41) is 1.05. The Balaban J connectivity index is 1.73. The minimum atomic E-state index is -0.605. The summed E-state index contributed by atoms with van der Waals surface area (Å²) in [4.78, 5) is 35.4. The number of benzene rings is 1. The fourth-order valence-electron chi connectivity index (χ4n) is 4.10. The number of nitrogens with one attached hydrogen (secondary N) is 1. The predicted molar refractivity (Wildman–Crippen MR) is 104 cm³/mol. The molecule has 2 aromatic rings. The van der Waals surface area contributed by atoms with E-state index in [-0.39, 0.29) is 11.9 Å². The molecule has 0 bridgehead atoms. The van der Waals surface area contributed by atoms with Crippen LogP contribution in [-0.2, 0) is 20.7 Å². The number of hydrogen-bond acceptors (Lipinski definition) is 4. The van der Waals surface area contributed by atoms with Crippen LogP contribution in [0.4, 0.5) is 0 Å². The quantitative estimate of drug-likeness (QED) is 0.848. The number of likely N-dealkylation sites (tertiary alicyclic amines) is 1.